The summed E-state index contributed by atoms with van der Waals surface area (Å²) in [7, 11) is 0. The van der Waals surface area contributed by atoms with Crippen molar-refractivity contribution in [1.29, 1.82) is 5.26 Å². The van der Waals surface area contributed by atoms with Crippen molar-refractivity contribution in [2.45, 2.75) is 46.0 Å². The Kier molecular flexibility index (Phi) is 2.50. The molecule has 0 aromatic rings. The lowest BCUT2D eigenvalue weighted by atomic mass is 9.71. The zero-order chi connectivity index (χ0) is 11.3. The highest BCUT2D eigenvalue weighted by Gasteiger charge is 2.59. The molecule has 1 nitrogen and oxygen atoms in total. The van der Waals surface area contributed by atoms with Crippen molar-refractivity contribution in [3.8, 4) is 6.07 Å². The fourth-order valence-electron chi connectivity index (χ4n) is 5.54. The smallest absolute Gasteiger partial charge is 0.0658 e. The van der Waals surface area contributed by atoms with Gasteiger partial charge in [-0.15, -0.1) is 0 Å². The number of rotatable bonds is 2. The summed E-state index contributed by atoms with van der Waals surface area (Å²) in [6.07, 6.45) is 6.81. The molecule has 3 aliphatic rings. The zero-order valence-corrected chi connectivity index (χ0v) is 10.5. The van der Waals surface area contributed by atoms with Crippen molar-refractivity contribution >= 4 is 0 Å². The normalized spacial score (nSPS) is 53.9. The van der Waals surface area contributed by atoms with E-state index >= 15 is 0 Å². The molecule has 3 fully saturated rings. The van der Waals surface area contributed by atoms with Crippen molar-refractivity contribution in [1.82, 2.24) is 0 Å². The summed E-state index contributed by atoms with van der Waals surface area (Å²) in [5.41, 5.74) is 0. The van der Waals surface area contributed by atoms with Crippen LogP contribution < -0.4 is 0 Å². The highest BCUT2D eigenvalue weighted by atomic mass is 14.6. The minimum atomic E-state index is 0.413. The lowest BCUT2D eigenvalue weighted by Gasteiger charge is -2.33. The van der Waals surface area contributed by atoms with E-state index < -0.39 is 0 Å². The van der Waals surface area contributed by atoms with Crippen molar-refractivity contribution in [3.63, 3.8) is 0 Å². The molecule has 0 saturated heterocycles. The first-order valence-electron chi connectivity index (χ1n) is 7.19. The van der Waals surface area contributed by atoms with Gasteiger partial charge in [0.25, 0.3) is 0 Å². The Morgan fingerprint density at radius 3 is 2.31 bits per heavy atom. The molecule has 0 aromatic carbocycles. The maximum atomic E-state index is 9.24. The maximum Gasteiger partial charge on any atom is 0.0658 e. The van der Waals surface area contributed by atoms with Crippen LogP contribution in [0, 0.1) is 52.8 Å². The fourth-order valence-corrected chi connectivity index (χ4v) is 5.54. The van der Waals surface area contributed by atoms with Gasteiger partial charge in [0.05, 0.1) is 6.07 Å². The van der Waals surface area contributed by atoms with Crippen LogP contribution in [-0.2, 0) is 0 Å². The van der Waals surface area contributed by atoms with E-state index in [1.165, 1.54) is 32.1 Å². The molecule has 3 aliphatic carbocycles. The fraction of sp³-hybridized carbons (Fsp3) is 0.933. The SMILES string of the molecule is CCC1CC(CC)C2C3CC(CC3C#N)C12. The van der Waals surface area contributed by atoms with Crippen molar-refractivity contribution in [2.75, 3.05) is 0 Å². The predicted molar refractivity (Wildman–Crippen MR) is 64.5 cm³/mol. The predicted octanol–water partition coefficient (Wildman–Crippen LogP) is 3.85. The molecule has 7 unspecified atom stereocenters. The van der Waals surface area contributed by atoms with E-state index in [2.05, 4.69) is 19.9 Å². The molecule has 16 heavy (non-hydrogen) atoms. The molecule has 3 saturated carbocycles. The topological polar surface area (TPSA) is 23.8 Å². The monoisotopic (exact) mass is 217 g/mol. The third-order valence-corrected chi connectivity index (χ3v) is 6.04. The van der Waals surface area contributed by atoms with Gasteiger partial charge in [-0.05, 0) is 54.8 Å². The second kappa shape index (κ2) is 3.76. The van der Waals surface area contributed by atoms with Gasteiger partial charge in [0, 0.05) is 5.92 Å². The van der Waals surface area contributed by atoms with Crippen LogP contribution in [0.4, 0.5) is 0 Å². The number of nitrogens with zero attached hydrogens (tertiary/aromatic N) is 1. The number of hydrogen-bond donors (Lipinski definition) is 0. The molecular weight excluding hydrogens is 194 g/mol. The Labute approximate surface area is 99.2 Å². The van der Waals surface area contributed by atoms with Crippen LogP contribution >= 0.6 is 0 Å². The van der Waals surface area contributed by atoms with Gasteiger partial charge in [-0.1, -0.05) is 26.7 Å². The van der Waals surface area contributed by atoms with Crippen LogP contribution in [0.15, 0.2) is 0 Å². The Balaban J connectivity index is 1.87. The summed E-state index contributed by atoms with van der Waals surface area (Å²) >= 11 is 0. The molecule has 2 bridgehead atoms. The van der Waals surface area contributed by atoms with Crippen molar-refractivity contribution < 1.29 is 0 Å². The average molecular weight is 217 g/mol. The van der Waals surface area contributed by atoms with E-state index in [0.717, 1.165) is 35.5 Å². The van der Waals surface area contributed by atoms with Gasteiger partial charge < -0.3 is 0 Å². The first-order chi connectivity index (χ1) is 7.80. The standard InChI is InChI=1S/C15H23N/c1-3-9-5-10(4-2)15-13-7-11(14(9)15)6-12(13)8-16/h9-15H,3-7H2,1-2H3. The van der Waals surface area contributed by atoms with Crippen LogP contribution in [0.3, 0.4) is 0 Å². The van der Waals surface area contributed by atoms with E-state index in [-0.39, 0.29) is 0 Å². The number of nitriles is 1. The van der Waals surface area contributed by atoms with Crippen LogP contribution in [0.2, 0.25) is 0 Å². The van der Waals surface area contributed by atoms with E-state index in [9.17, 15) is 5.26 Å². The summed E-state index contributed by atoms with van der Waals surface area (Å²) in [5.74, 6) is 5.98. The minimum Gasteiger partial charge on any atom is -0.198 e. The first-order valence-corrected chi connectivity index (χ1v) is 7.19. The first kappa shape index (κ1) is 10.6. The molecule has 0 aromatic heterocycles. The van der Waals surface area contributed by atoms with Crippen LogP contribution in [-0.4, -0.2) is 0 Å². The quantitative estimate of drug-likeness (QED) is 0.689. The van der Waals surface area contributed by atoms with E-state index in [1.807, 2.05) is 0 Å². The van der Waals surface area contributed by atoms with Gasteiger partial charge in [-0.2, -0.15) is 5.26 Å². The maximum absolute atomic E-state index is 9.24. The third kappa shape index (κ3) is 1.22. The number of hydrogen-bond acceptors (Lipinski definition) is 1. The zero-order valence-electron chi connectivity index (χ0n) is 10.5. The lowest BCUT2D eigenvalue weighted by Crippen LogP contribution is -2.29. The molecule has 0 radical (unpaired) electrons. The van der Waals surface area contributed by atoms with Crippen LogP contribution in [0.1, 0.15) is 46.0 Å². The van der Waals surface area contributed by atoms with Crippen LogP contribution in [0.25, 0.3) is 0 Å². The third-order valence-electron chi connectivity index (χ3n) is 6.04. The van der Waals surface area contributed by atoms with Crippen molar-refractivity contribution in [3.05, 3.63) is 0 Å². The number of fused-ring (bicyclic) bond motifs is 5. The van der Waals surface area contributed by atoms with E-state index in [4.69, 9.17) is 0 Å². The Morgan fingerprint density at radius 2 is 1.69 bits per heavy atom. The second-order valence-corrected chi connectivity index (χ2v) is 6.36. The van der Waals surface area contributed by atoms with E-state index in [0.29, 0.717) is 5.92 Å². The molecule has 3 rings (SSSR count). The highest BCUT2D eigenvalue weighted by molar-refractivity contribution is 5.11. The molecular formula is C15H23N. The summed E-state index contributed by atoms with van der Waals surface area (Å²) < 4.78 is 0. The minimum absolute atomic E-state index is 0.413. The molecule has 0 spiro atoms. The van der Waals surface area contributed by atoms with E-state index in [1.54, 1.807) is 0 Å². The van der Waals surface area contributed by atoms with Gasteiger partial charge >= 0.3 is 0 Å². The van der Waals surface area contributed by atoms with Crippen molar-refractivity contribution in [2.24, 2.45) is 41.4 Å². The van der Waals surface area contributed by atoms with Gasteiger partial charge in [-0.25, -0.2) is 0 Å². The largest absolute Gasteiger partial charge is 0.198 e. The van der Waals surface area contributed by atoms with Gasteiger partial charge in [-0.3, -0.25) is 0 Å². The summed E-state index contributed by atoms with van der Waals surface area (Å²) in [4.78, 5) is 0. The summed E-state index contributed by atoms with van der Waals surface area (Å²) in [6, 6.07) is 2.59. The summed E-state index contributed by atoms with van der Waals surface area (Å²) in [5, 5.41) is 9.24. The summed E-state index contributed by atoms with van der Waals surface area (Å²) in [6.45, 7) is 4.72. The molecule has 0 aliphatic heterocycles. The Hall–Kier alpha value is -0.510. The molecule has 0 N–H and O–H groups in total. The Morgan fingerprint density at radius 1 is 1.00 bits per heavy atom. The molecule has 7 atom stereocenters. The molecule has 0 amide bonds. The Bertz CT molecular complexity index is 316. The lowest BCUT2D eigenvalue weighted by molar-refractivity contribution is 0.157. The molecule has 0 heterocycles. The van der Waals surface area contributed by atoms with Gasteiger partial charge in [0.15, 0.2) is 0 Å². The molecule has 88 valence electrons. The van der Waals surface area contributed by atoms with Crippen LogP contribution in [0.5, 0.6) is 0 Å². The average Bonchev–Trinajstić information content (AvgIpc) is 2.97. The van der Waals surface area contributed by atoms with Gasteiger partial charge in [0.2, 0.25) is 0 Å². The molecule has 1 heteroatoms. The second-order valence-electron chi connectivity index (χ2n) is 6.36. The highest BCUT2D eigenvalue weighted by Crippen LogP contribution is 2.65. The van der Waals surface area contributed by atoms with Gasteiger partial charge in [0.1, 0.15) is 0 Å².